The molecule has 0 atom stereocenters. The third kappa shape index (κ3) is 4.65. The number of halogens is 2. The zero-order valence-corrected chi connectivity index (χ0v) is 11.9. The first-order valence-electron chi connectivity index (χ1n) is 5.66. The van der Waals surface area contributed by atoms with E-state index in [9.17, 15) is 9.59 Å². The molecule has 20 heavy (non-hydrogen) atoms. The number of carbonyl (C=O) groups is 2. The minimum Gasteiger partial charge on any atom is -0.478 e. The van der Waals surface area contributed by atoms with E-state index in [1.165, 1.54) is 12.1 Å². The predicted molar refractivity (Wildman–Crippen MR) is 78.5 cm³/mol. The number of anilines is 1. The van der Waals surface area contributed by atoms with Crippen LogP contribution in [-0.2, 0) is 0 Å². The summed E-state index contributed by atoms with van der Waals surface area (Å²) in [5.74, 6) is 1.30. The summed E-state index contributed by atoms with van der Waals surface area (Å²) in [5.41, 5.74) is 0.104. The average molecular weight is 315 g/mol. The van der Waals surface area contributed by atoms with Crippen molar-refractivity contribution in [1.82, 2.24) is 5.32 Å². The van der Waals surface area contributed by atoms with E-state index >= 15 is 0 Å². The molecular weight excluding hydrogens is 303 g/mol. The quantitative estimate of drug-likeness (QED) is 0.576. The van der Waals surface area contributed by atoms with Crippen molar-refractivity contribution in [2.75, 3.05) is 11.9 Å². The number of carbonyl (C=O) groups excluding carboxylic acids is 1. The zero-order valence-electron chi connectivity index (χ0n) is 10.4. The van der Waals surface area contributed by atoms with E-state index < -0.39 is 12.0 Å². The van der Waals surface area contributed by atoms with Crippen LogP contribution in [0.1, 0.15) is 23.2 Å². The number of carboxylic acids is 1. The zero-order chi connectivity index (χ0) is 15.1. The molecule has 0 aromatic heterocycles. The topological polar surface area (TPSA) is 78.4 Å². The molecule has 0 radical (unpaired) electrons. The van der Waals surface area contributed by atoms with Crippen molar-refractivity contribution in [3.05, 3.63) is 27.7 Å². The van der Waals surface area contributed by atoms with Gasteiger partial charge in [-0.25, -0.2) is 9.59 Å². The van der Waals surface area contributed by atoms with Gasteiger partial charge in [0.15, 0.2) is 0 Å². The van der Waals surface area contributed by atoms with E-state index in [0.29, 0.717) is 19.4 Å². The number of terminal acetylenes is 1. The van der Waals surface area contributed by atoms with Gasteiger partial charge in [0.25, 0.3) is 0 Å². The maximum Gasteiger partial charge on any atom is 0.335 e. The first-order valence-corrected chi connectivity index (χ1v) is 6.42. The molecule has 1 aromatic rings. The van der Waals surface area contributed by atoms with Crippen molar-refractivity contribution >= 4 is 40.9 Å². The molecule has 0 heterocycles. The SMILES string of the molecule is C#CCCCNC(=O)Nc1c(Cl)cc(C(=O)O)cc1Cl. The Kier molecular flexibility index (Phi) is 6.16. The number of aromatic carboxylic acids is 1. The van der Waals surface area contributed by atoms with E-state index in [-0.39, 0.29) is 21.3 Å². The molecule has 0 aliphatic carbocycles. The molecule has 106 valence electrons. The highest BCUT2D eigenvalue weighted by Gasteiger charge is 2.14. The summed E-state index contributed by atoms with van der Waals surface area (Å²) in [6.45, 7) is 0.415. The highest BCUT2D eigenvalue weighted by atomic mass is 35.5. The van der Waals surface area contributed by atoms with Crippen molar-refractivity contribution in [2.24, 2.45) is 0 Å². The lowest BCUT2D eigenvalue weighted by molar-refractivity contribution is 0.0697. The van der Waals surface area contributed by atoms with Gasteiger partial charge in [-0.3, -0.25) is 0 Å². The number of nitrogens with one attached hydrogen (secondary N) is 2. The third-order valence-corrected chi connectivity index (χ3v) is 2.91. The fraction of sp³-hybridized carbons (Fsp3) is 0.231. The number of hydrogen-bond acceptors (Lipinski definition) is 2. The Morgan fingerprint density at radius 1 is 1.30 bits per heavy atom. The van der Waals surface area contributed by atoms with Gasteiger partial charge in [0.2, 0.25) is 0 Å². The minimum atomic E-state index is -1.15. The van der Waals surface area contributed by atoms with Crippen LogP contribution in [0.5, 0.6) is 0 Å². The summed E-state index contributed by atoms with van der Waals surface area (Å²) in [4.78, 5) is 22.4. The minimum absolute atomic E-state index is 0.0497. The maximum atomic E-state index is 11.6. The van der Waals surface area contributed by atoms with Crippen molar-refractivity contribution in [2.45, 2.75) is 12.8 Å². The summed E-state index contributed by atoms with van der Waals surface area (Å²) >= 11 is 11.8. The first-order chi connectivity index (χ1) is 9.45. The van der Waals surface area contributed by atoms with E-state index in [4.69, 9.17) is 34.7 Å². The number of benzene rings is 1. The summed E-state index contributed by atoms with van der Waals surface area (Å²) in [7, 11) is 0. The lowest BCUT2D eigenvalue weighted by Gasteiger charge is -2.11. The van der Waals surface area contributed by atoms with Crippen LogP contribution in [0.2, 0.25) is 10.0 Å². The number of rotatable bonds is 5. The number of amides is 2. The Labute approximate surface area is 126 Å². The summed E-state index contributed by atoms with van der Waals surface area (Å²) in [6.07, 6.45) is 6.31. The van der Waals surface area contributed by atoms with Crippen molar-refractivity contribution in [3.8, 4) is 12.3 Å². The van der Waals surface area contributed by atoms with Crippen LogP contribution in [0.25, 0.3) is 0 Å². The van der Waals surface area contributed by atoms with Gasteiger partial charge in [-0.1, -0.05) is 23.2 Å². The van der Waals surface area contributed by atoms with Gasteiger partial charge in [0, 0.05) is 13.0 Å². The van der Waals surface area contributed by atoms with Crippen LogP contribution >= 0.6 is 23.2 Å². The van der Waals surface area contributed by atoms with Crippen LogP contribution in [0.4, 0.5) is 10.5 Å². The Morgan fingerprint density at radius 3 is 2.40 bits per heavy atom. The molecule has 2 amide bonds. The fourth-order valence-electron chi connectivity index (χ4n) is 1.37. The molecular formula is C13H12Cl2N2O3. The third-order valence-electron chi connectivity index (χ3n) is 2.31. The Balaban J connectivity index is 2.71. The molecule has 1 rings (SSSR count). The molecule has 0 unspecified atom stereocenters. The van der Waals surface area contributed by atoms with Crippen LogP contribution in [-0.4, -0.2) is 23.7 Å². The molecule has 0 fully saturated rings. The summed E-state index contributed by atoms with van der Waals surface area (Å²) in [5, 5.41) is 14.0. The average Bonchev–Trinajstić information content (AvgIpc) is 2.38. The molecule has 0 aliphatic heterocycles. The number of unbranched alkanes of at least 4 members (excludes halogenated alkanes) is 1. The Morgan fingerprint density at radius 2 is 1.90 bits per heavy atom. The van der Waals surface area contributed by atoms with Crippen LogP contribution in [0.3, 0.4) is 0 Å². The Bertz CT molecular complexity index is 544. The number of hydrogen-bond donors (Lipinski definition) is 3. The molecule has 0 saturated heterocycles. The van der Waals surface area contributed by atoms with Gasteiger partial charge in [0.1, 0.15) is 0 Å². The fourth-order valence-corrected chi connectivity index (χ4v) is 1.95. The summed E-state index contributed by atoms with van der Waals surface area (Å²) < 4.78 is 0. The lowest BCUT2D eigenvalue weighted by Crippen LogP contribution is -2.29. The molecule has 0 aliphatic rings. The second-order valence-corrected chi connectivity index (χ2v) is 4.62. The van der Waals surface area contributed by atoms with Crippen LogP contribution in [0, 0.1) is 12.3 Å². The van der Waals surface area contributed by atoms with E-state index in [1.54, 1.807) is 0 Å². The van der Waals surface area contributed by atoms with Crippen LogP contribution in [0.15, 0.2) is 12.1 Å². The number of urea groups is 1. The predicted octanol–water partition coefficient (Wildman–Crippen LogP) is 3.23. The van der Waals surface area contributed by atoms with Gasteiger partial charge in [-0.2, -0.15) is 0 Å². The monoisotopic (exact) mass is 314 g/mol. The molecule has 0 saturated carbocycles. The molecule has 5 nitrogen and oxygen atoms in total. The van der Waals surface area contributed by atoms with Gasteiger partial charge in [-0.15, -0.1) is 12.3 Å². The largest absolute Gasteiger partial charge is 0.478 e. The lowest BCUT2D eigenvalue weighted by atomic mass is 10.2. The standard InChI is InChI=1S/C13H12Cl2N2O3/c1-2-3-4-5-16-13(20)17-11-9(14)6-8(12(18)19)7-10(11)15/h1,6-7H,3-5H2,(H,18,19)(H2,16,17,20). The normalized spacial score (nSPS) is 9.65. The smallest absolute Gasteiger partial charge is 0.335 e. The highest BCUT2D eigenvalue weighted by Crippen LogP contribution is 2.31. The molecule has 0 spiro atoms. The molecule has 1 aromatic carbocycles. The highest BCUT2D eigenvalue weighted by molar-refractivity contribution is 6.40. The second kappa shape index (κ2) is 7.63. The van der Waals surface area contributed by atoms with Crippen molar-refractivity contribution < 1.29 is 14.7 Å². The van der Waals surface area contributed by atoms with Crippen molar-refractivity contribution in [1.29, 1.82) is 0 Å². The van der Waals surface area contributed by atoms with Gasteiger partial charge < -0.3 is 15.7 Å². The molecule has 7 heteroatoms. The van der Waals surface area contributed by atoms with Gasteiger partial charge >= 0.3 is 12.0 Å². The number of carboxylic acid groups (broad SMARTS) is 1. The van der Waals surface area contributed by atoms with Crippen LogP contribution < -0.4 is 10.6 Å². The first kappa shape index (κ1) is 16.2. The van der Waals surface area contributed by atoms with Gasteiger partial charge in [-0.05, 0) is 18.6 Å². The Hall–Kier alpha value is -1.90. The van der Waals surface area contributed by atoms with E-state index in [0.717, 1.165) is 0 Å². The van der Waals surface area contributed by atoms with Crippen molar-refractivity contribution in [3.63, 3.8) is 0 Å². The van der Waals surface area contributed by atoms with Gasteiger partial charge in [0.05, 0.1) is 21.3 Å². The van der Waals surface area contributed by atoms with E-state index in [1.807, 2.05) is 0 Å². The molecule has 3 N–H and O–H groups in total. The van der Waals surface area contributed by atoms with E-state index in [2.05, 4.69) is 16.6 Å². The molecule has 0 bridgehead atoms. The second-order valence-electron chi connectivity index (χ2n) is 3.81. The summed E-state index contributed by atoms with van der Waals surface area (Å²) in [6, 6.07) is 1.93. The maximum absolute atomic E-state index is 11.6.